The van der Waals surface area contributed by atoms with Crippen molar-refractivity contribution in [1.82, 2.24) is 9.97 Å². The number of ether oxygens (including phenoxy) is 2. The first-order valence-electron chi connectivity index (χ1n) is 8.73. The Kier molecular flexibility index (Phi) is 7.50. The molecule has 146 valence electrons. The lowest BCUT2D eigenvalue weighted by molar-refractivity contribution is -0.156. The lowest BCUT2D eigenvalue weighted by Gasteiger charge is -2.22. The summed E-state index contributed by atoms with van der Waals surface area (Å²) in [5.41, 5.74) is 0.155. The van der Waals surface area contributed by atoms with Crippen LogP contribution in [0.15, 0.2) is 49.1 Å². The van der Waals surface area contributed by atoms with E-state index in [1.165, 1.54) is 49.1 Å². The average molecular weight is 384 g/mol. The van der Waals surface area contributed by atoms with Gasteiger partial charge >= 0.3 is 11.9 Å². The number of ketones is 2. The minimum absolute atomic E-state index is 0.0215. The van der Waals surface area contributed by atoms with Gasteiger partial charge in [0.05, 0.1) is 13.2 Å². The van der Waals surface area contributed by atoms with Gasteiger partial charge in [0.2, 0.25) is 0 Å². The molecule has 2 heterocycles. The monoisotopic (exact) mass is 384 g/mol. The molecule has 0 aliphatic heterocycles. The maximum atomic E-state index is 13.0. The highest BCUT2D eigenvalue weighted by molar-refractivity contribution is 6.19. The van der Waals surface area contributed by atoms with Gasteiger partial charge in [0.15, 0.2) is 11.6 Å². The summed E-state index contributed by atoms with van der Waals surface area (Å²) in [4.78, 5) is 59.0. The number of carbonyl (C=O) groups excluding carboxylic acids is 4. The summed E-state index contributed by atoms with van der Waals surface area (Å²) in [5, 5.41) is 0. The summed E-state index contributed by atoms with van der Waals surface area (Å²) in [7, 11) is 0. The van der Waals surface area contributed by atoms with Gasteiger partial charge in [-0.15, -0.1) is 0 Å². The highest BCUT2D eigenvalue weighted by Crippen LogP contribution is 2.25. The van der Waals surface area contributed by atoms with Crippen molar-refractivity contribution in [3.05, 3.63) is 60.2 Å². The Bertz CT molecular complexity index is 767. The zero-order chi connectivity index (χ0) is 20.5. The molecule has 0 bridgehead atoms. The number of Topliss-reactive ketones (excluding diaryl/α,β-unsaturated/α-hetero) is 2. The summed E-state index contributed by atoms with van der Waals surface area (Å²) in [5.74, 6) is -6.85. The highest BCUT2D eigenvalue weighted by atomic mass is 16.5. The minimum atomic E-state index is -1.70. The molecule has 0 aliphatic carbocycles. The van der Waals surface area contributed by atoms with Crippen LogP contribution in [0, 0.1) is 11.8 Å². The largest absolute Gasteiger partial charge is 0.465 e. The van der Waals surface area contributed by atoms with Gasteiger partial charge in [-0.05, 0) is 38.1 Å². The molecule has 0 fully saturated rings. The van der Waals surface area contributed by atoms with Crippen molar-refractivity contribution in [3.8, 4) is 0 Å². The minimum Gasteiger partial charge on any atom is -0.465 e. The molecule has 2 atom stereocenters. The van der Waals surface area contributed by atoms with Crippen LogP contribution in [-0.4, -0.2) is 46.7 Å². The third kappa shape index (κ3) is 4.85. The quantitative estimate of drug-likeness (QED) is 0.366. The summed E-state index contributed by atoms with van der Waals surface area (Å²) in [6.45, 7) is 3.08. The fourth-order valence-corrected chi connectivity index (χ4v) is 2.63. The number of pyridine rings is 2. The average Bonchev–Trinajstić information content (AvgIpc) is 2.72. The molecule has 8 heteroatoms. The van der Waals surface area contributed by atoms with Gasteiger partial charge in [0.1, 0.15) is 11.8 Å². The Morgan fingerprint density at radius 1 is 0.786 bits per heavy atom. The first kappa shape index (κ1) is 20.9. The van der Waals surface area contributed by atoms with Crippen LogP contribution in [0.5, 0.6) is 0 Å². The molecule has 2 aromatic rings. The first-order chi connectivity index (χ1) is 13.5. The standard InChI is InChI=1S/C20H20N2O6/c1-3-27-19(25)15(17(23)13-7-5-9-21-11-13)16(20(26)28-4-2)18(24)14-8-6-10-22-12-14/h5-12,15-16H,3-4H2,1-2H3/t15-,16-/m0/s1. The predicted molar refractivity (Wildman–Crippen MR) is 97.4 cm³/mol. The van der Waals surface area contributed by atoms with Crippen molar-refractivity contribution < 1.29 is 28.7 Å². The molecule has 0 N–H and O–H groups in total. The third-order valence-electron chi connectivity index (χ3n) is 3.87. The Morgan fingerprint density at radius 2 is 1.18 bits per heavy atom. The van der Waals surface area contributed by atoms with Crippen molar-refractivity contribution in [2.75, 3.05) is 13.2 Å². The van der Waals surface area contributed by atoms with E-state index in [9.17, 15) is 19.2 Å². The second kappa shape index (κ2) is 10.1. The maximum absolute atomic E-state index is 13.0. The van der Waals surface area contributed by atoms with Gasteiger partial charge in [0, 0.05) is 35.9 Å². The third-order valence-corrected chi connectivity index (χ3v) is 3.87. The van der Waals surface area contributed by atoms with Crippen LogP contribution in [0.4, 0.5) is 0 Å². The summed E-state index contributed by atoms with van der Waals surface area (Å²) >= 11 is 0. The molecule has 0 unspecified atom stereocenters. The molecule has 0 amide bonds. The number of nitrogens with zero attached hydrogens (tertiary/aromatic N) is 2. The molecule has 0 radical (unpaired) electrons. The van der Waals surface area contributed by atoms with E-state index in [2.05, 4.69) is 9.97 Å². The lowest BCUT2D eigenvalue weighted by atomic mass is 9.81. The second-order valence-electron chi connectivity index (χ2n) is 5.67. The van der Waals surface area contributed by atoms with E-state index in [1.807, 2.05) is 0 Å². The fraction of sp³-hybridized carbons (Fsp3) is 0.300. The Hall–Kier alpha value is -3.42. The van der Waals surface area contributed by atoms with Crippen LogP contribution in [0.1, 0.15) is 34.6 Å². The molecule has 8 nitrogen and oxygen atoms in total. The number of hydrogen-bond donors (Lipinski definition) is 0. The van der Waals surface area contributed by atoms with Gasteiger partial charge in [-0.1, -0.05) is 0 Å². The van der Waals surface area contributed by atoms with E-state index in [0.717, 1.165) is 0 Å². The van der Waals surface area contributed by atoms with E-state index < -0.39 is 35.3 Å². The molecule has 0 saturated heterocycles. The van der Waals surface area contributed by atoms with Crippen LogP contribution in [0.2, 0.25) is 0 Å². The molecule has 0 saturated carbocycles. The Labute approximate surface area is 161 Å². The van der Waals surface area contributed by atoms with Crippen molar-refractivity contribution >= 4 is 23.5 Å². The van der Waals surface area contributed by atoms with E-state index in [0.29, 0.717) is 0 Å². The van der Waals surface area contributed by atoms with Gasteiger partial charge in [-0.25, -0.2) is 0 Å². The summed E-state index contributed by atoms with van der Waals surface area (Å²) in [6, 6.07) is 5.91. The van der Waals surface area contributed by atoms with Crippen LogP contribution in [-0.2, 0) is 19.1 Å². The number of hydrogen-bond acceptors (Lipinski definition) is 8. The number of aromatic nitrogens is 2. The normalized spacial score (nSPS) is 12.5. The van der Waals surface area contributed by atoms with Gasteiger partial charge in [0.25, 0.3) is 0 Å². The zero-order valence-corrected chi connectivity index (χ0v) is 15.5. The molecular formula is C20H20N2O6. The predicted octanol–water partition coefficient (Wildman–Crippen LogP) is 1.90. The highest BCUT2D eigenvalue weighted by Gasteiger charge is 2.46. The van der Waals surface area contributed by atoms with E-state index in [-0.39, 0.29) is 24.3 Å². The molecule has 0 aliphatic rings. The van der Waals surface area contributed by atoms with Crippen LogP contribution >= 0.6 is 0 Å². The second-order valence-corrected chi connectivity index (χ2v) is 5.67. The molecule has 2 aromatic heterocycles. The lowest BCUT2D eigenvalue weighted by Crippen LogP contribution is -2.42. The van der Waals surface area contributed by atoms with Gasteiger partial charge in [-0.2, -0.15) is 0 Å². The molecule has 0 spiro atoms. The number of rotatable bonds is 9. The van der Waals surface area contributed by atoms with E-state index in [1.54, 1.807) is 13.8 Å². The van der Waals surface area contributed by atoms with Crippen LogP contribution < -0.4 is 0 Å². The summed E-state index contributed by atoms with van der Waals surface area (Å²) < 4.78 is 9.97. The maximum Gasteiger partial charge on any atom is 0.318 e. The summed E-state index contributed by atoms with van der Waals surface area (Å²) in [6.07, 6.45) is 5.43. The molecule has 28 heavy (non-hydrogen) atoms. The smallest absolute Gasteiger partial charge is 0.318 e. The van der Waals surface area contributed by atoms with Crippen molar-refractivity contribution in [2.45, 2.75) is 13.8 Å². The van der Waals surface area contributed by atoms with Gasteiger partial charge < -0.3 is 9.47 Å². The Balaban J connectivity index is 2.54. The first-order valence-corrected chi connectivity index (χ1v) is 8.73. The molecule has 2 rings (SSSR count). The van der Waals surface area contributed by atoms with Crippen molar-refractivity contribution in [1.29, 1.82) is 0 Å². The van der Waals surface area contributed by atoms with Crippen molar-refractivity contribution in [3.63, 3.8) is 0 Å². The van der Waals surface area contributed by atoms with Gasteiger partial charge in [-0.3, -0.25) is 29.1 Å². The topological polar surface area (TPSA) is 113 Å². The Morgan fingerprint density at radius 3 is 1.46 bits per heavy atom. The van der Waals surface area contributed by atoms with Crippen LogP contribution in [0.25, 0.3) is 0 Å². The van der Waals surface area contributed by atoms with E-state index in [4.69, 9.17) is 9.47 Å². The van der Waals surface area contributed by atoms with Crippen molar-refractivity contribution in [2.24, 2.45) is 11.8 Å². The number of carbonyl (C=O) groups is 4. The fourth-order valence-electron chi connectivity index (χ4n) is 2.63. The molecular weight excluding hydrogens is 364 g/mol. The van der Waals surface area contributed by atoms with Crippen LogP contribution in [0.3, 0.4) is 0 Å². The molecule has 0 aromatic carbocycles. The van der Waals surface area contributed by atoms with E-state index >= 15 is 0 Å². The zero-order valence-electron chi connectivity index (χ0n) is 15.5. The SMILES string of the molecule is CCOC(=O)[C@H](C(=O)c1cccnc1)[C@H](C(=O)OCC)C(=O)c1cccnc1. The number of esters is 2.